The molecule has 2 fully saturated rings. The SMILES string of the molecule is C[C@@H]1C[C@H](n2c([C@H]3CC[C@@H](F)C3)nc3cnc4ccc(F)cc4c32)CCO1. The molecule has 2 aromatic heterocycles. The maximum absolute atomic E-state index is 14.0. The van der Waals surface area contributed by atoms with Gasteiger partial charge in [-0.1, -0.05) is 0 Å². The lowest BCUT2D eigenvalue weighted by Crippen LogP contribution is -2.27. The minimum absolute atomic E-state index is 0.106. The van der Waals surface area contributed by atoms with Crippen molar-refractivity contribution >= 4 is 21.9 Å². The third kappa shape index (κ3) is 2.90. The highest BCUT2D eigenvalue weighted by atomic mass is 19.1. The van der Waals surface area contributed by atoms with Gasteiger partial charge < -0.3 is 9.30 Å². The van der Waals surface area contributed by atoms with E-state index in [1.807, 2.05) is 0 Å². The number of halogens is 2. The van der Waals surface area contributed by atoms with Crippen LogP contribution in [-0.2, 0) is 4.74 Å². The van der Waals surface area contributed by atoms with Gasteiger partial charge in [-0.3, -0.25) is 4.98 Å². The van der Waals surface area contributed by atoms with Crippen LogP contribution in [0.1, 0.15) is 56.8 Å². The quantitative estimate of drug-likeness (QED) is 0.631. The van der Waals surface area contributed by atoms with E-state index in [-0.39, 0.29) is 23.9 Å². The molecule has 142 valence electrons. The zero-order chi connectivity index (χ0) is 18.5. The Morgan fingerprint density at radius 2 is 2.04 bits per heavy atom. The molecular weight excluding hydrogens is 348 g/mol. The standard InChI is InChI=1S/C21H23F2N3O/c1-12-8-16(6-7-27-12)26-20-17-10-15(23)4-5-18(17)24-11-19(20)25-21(26)13-2-3-14(22)9-13/h4-5,10-14,16H,2-3,6-9H2,1H3/t12-,13+,14-,16-/m1/s1. The lowest BCUT2D eigenvalue weighted by atomic mass is 10.0. The molecule has 0 unspecified atom stereocenters. The van der Waals surface area contributed by atoms with Crippen molar-refractivity contribution in [2.45, 2.75) is 63.3 Å². The van der Waals surface area contributed by atoms with Gasteiger partial charge in [0.15, 0.2) is 0 Å². The van der Waals surface area contributed by atoms with Gasteiger partial charge in [0.25, 0.3) is 0 Å². The lowest BCUT2D eigenvalue weighted by molar-refractivity contribution is 0.00605. The first-order chi connectivity index (χ1) is 13.1. The second-order valence-corrected chi connectivity index (χ2v) is 7.96. The Bertz CT molecular complexity index is 1000. The molecule has 0 radical (unpaired) electrons. The van der Waals surface area contributed by atoms with Gasteiger partial charge >= 0.3 is 0 Å². The van der Waals surface area contributed by atoms with Gasteiger partial charge in [0.1, 0.15) is 23.3 Å². The zero-order valence-electron chi connectivity index (χ0n) is 15.4. The Morgan fingerprint density at radius 3 is 2.81 bits per heavy atom. The van der Waals surface area contributed by atoms with Crippen LogP contribution in [0.4, 0.5) is 8.78 Å². The zero-order valence-corrected chi connectivity index (χ0v) is 15.4. The van der Waals surface area contributed by atoms with E-state index in [4.69, 9.17) is 9.72 Å². The molecule has 27 heavy (non-hydrogen) atoms. The van der Waals surface area contributed by atoms with E-state index in [2.05, 4.69) is 16.5 Å². The Hall–Kier alpha value is -2.08. The summed E-state index contributed by atoms with van der Waals surface area (Å²) in [5, 5.41) is 0.778. The molecule has 4 nitrogen and oxygen atoms in total. The number of pyridine rings is 1. The summed E-state index contributed by atoms with van der Waals surface area (Å²) >= 11 is 0. The molecule has 3 aromatic rings. The Morgan fingerprint density at radius 1 is 1.15 bits per heavy atom. The molecule has 1 aromatic carbocycles. The fraction of sp³-hybridized carbons (Fsp3) is 0.524. The van der Waals surface area contributed by atoms with Gasteiger partial charge in [0.05, 0.1) is 23.3 Å². The van der Waals surface area contributed by atoms with Crippen LogP contribution in [0, 0.1) is 5.82 Å². The van der Waals surface area contributed by atoms with Gasteiger partial charge in [-0.2, -0.15) is 0 Å². The van der Waals surface area contributed by atoms with E-state index in [9.17, 15) is 8.78 Å². The van der Waals surface area contributed by atoms with E-state index in [1.54, 1.807) is 18.3 Å². The number of rotatable bonds is 2. The molecule has 1 aliphatic carbocycles. The van der Waals surface area contributed by atoms with Crippen molar-refractivity contribution in [2.75, 3.05) is 6.61 Å². The van der Waals surface area contributed by atoms with Crippen molar-refractivity contribution in [3.8, 4) is 0 Å². The normalized spacial score (nSPS) is 29.0. The van der Waals surface area contributed by atoms with Gasteiger partial charge in [-0.15, -0.1) is 0 Å². The van der Waals surface area contributed by atoms with Crippen molar-refractivity contribution in [1.82, 2.24) is 14.5 Å². The third-order valence-corrected chi connectivity index (χ3v) is 6.06. The number of benzene rings is 1. The molecule has 6 heteroatoms. The Kier molecular flexibility index (Phi) is 4.11. The maximum atomic E-state index is 14.0. The average Bonchev–Trinajstić information content (AvgIpc) is 3.25. The van der Waals surface area contributed by atoms with Crippen LogP contribution in [0.15, 0.2) is 24.4 Å². The molecule has 1 saturated heterocycles. The highest BCUT2D eigenvalue weighted by Crippen LogP contribution is 2.41. The summed E-state index contributed by atoms with van der Waals surface area (Å²) in [5.74, 6) is 0.758. The fourth-order valence-electron chi connectivity index (χ4n) is 4.79. The number of aromatic nitrogens is 3. The summed E-state index contributed by atoms with van der Waals surface area (Å²) in [5.41, 5.74) is 2.45. The number of ether oxygens (including phenoxy) is 1. The smallest absolute Gasteiger partial charge is 0.124 e. The number of hydrogen-bond donors (Lipinski definition) is 0. The van der Waals surface area contributed by atoms with Gasteiger partial charge in [-0.25, -0.2) is 13.8 Å². The van der Waals surface area contributed by atoms with Crippen molar-refractivity contribution < 1.29 is 13.5 Å². The van der Waals surface area contributed by atoms with Crippen molar-refractivity contribution in [3.63, 3.8) is 0 Å². The van der Waals surface area contributed by atoms with Crippen LogP contribution in [0.3, 0.4) is 0 Å². The molecule has 2 aliphatic rings. The van der Waals surface area contributed by atoms with E-state index in [0.29, 0.717) is 19.4 Å². The molecule has 3 heterocycles. The summed E-state index contributed by atoms with van der Waals surface area (Å²) in [7, 11) is 0. The van der Waals surface area contributed by atoms with Gasteiger partial charge in [-0.05, 0) is 57.2 Å². The first-order valence-corrected chi connectivity index (χ1v) is 9.82. The minimum atomic E-state index is -0.760. The molecular formula is C21H23F2N3O. The van der Waals surface area contributed by atoms with E-state index in [1.165, 1.54) is 6.07 Å². The highest BCUT2D eigenvalue weighted by molar-refractivity contribution is 6.02. The predicted octanol–water partition coefficient (Wildman–Crippen LogP) is 5.07. The van der Waals surface area contributed by atoms with Crippen molar-refractivity contribution in [3.05, 3.63) is 36.0 Å². The molecule has 5 rings (SSSR count). The first kappa shape index (κ1) is 17.0. The predicted molar refractivity (Wildman–Crippen MR) is 100 cm³/mol. The topological polar surface area (TPSA) is 39.9 Å². The highest BCUT2D eigenvalue weighted by Gasteiger charge is 2.33. The molecule has 0 bridgehead atoms. The van der Waals surface area contributed by atoms with Gasteiger partial charge in [0, 0.05) is 24.0 Å². The van der Waals surface area contributed by atoms with Crippen LogP contribution >= 0.6 is 0 Å². The van der Waals surface area contributed by atoms with E-state index in [0.717, 1.165) is 47.0 Å². The van der Waals surface area contributed by atoms with E-state index < -0.39 is 6.17 Å². The molecule has 0 amide bonds. The molecule has 1 saturated carbocycles. The van der Waals surface area contributed by atoms with Crippen LogP contribution in [-0.4, -0.2) is 33.4 Å². The summed E-state index contributed by atoms with van der Waals surface area (Å²) in [6.07, 6.45) is 4.84. The lowest BCUT2D eigenvalue weighted by Gasteiger charge is -2.31. The monoisotopic (exact) mass is 371 g/mol. The fourth-order valence-corrected chi connectivity index (χ4v) is 4.79. The van der Waals surface area contributed by atoms with Crippen molar-refractivity contribution in [1.29, 1.82) is 0 Å². The Balaban J connectivity index is 1.76. The second-order valence-electron chi connectivity index (χ2n) is 7.96. The summed E-state index contributed by atoms with van der Waals surface area (Å²) < 4.78 is 36.0. The minimum Gasteiger partial charge on any atom is -0.378 e. The molecule has 1 aliphatic heterocycles. The summed E-state index contributed by atoms with van der Waals surface area (Å²) in [6, 6.07) is 4.91. The maximum Gasteiger partial charge on any atom is 0.124 e. The number of hydrogen-bond acceptors (Lipinski definition) is 3. The van der Waals surface area contributed by atoms with Crippen LogP contribution in [0.5, 0.6) is 0 Å². The van der Waals surface area contributed by atoms with Crippen LogP contribution < -0.4 is 0 Å². The largest absolute Gasteiger partial charge is 0.378 e. The molecule has 0 N–H and O–H groups in total. The van der Waals surface area contributed by atoms with E-state index >= 15 is 0 Å². The van der Waals surface area contributed by atoms with Gasteiger partial charge in [0.2, 0.25) is 0 Å². The van der Waals surface area contributed by atoms with Crippen molar-refractivity contribution in [2.24, 2.45) is 0 Å². The Labute approximate surface area is 156 Å². The second kappa shape index (κ2) is 6.51. The van der Waals surface area contributed by atoms with Crippen LogP contribution in [0.25, 0.3) is 21.9 Å². The number of alkyl halides is 1. The molecule has 0 spiro atoms. The third-order valence-electron chi connectivity index (χ3n) is 6.06. The first-order valence-electron chi connectivity index (χ1n) is 9.82. The summed E-state index contributed by atoms with van der Waals surface area (Å²) in [4.78, 5) is 9.34. The molecule has 4 atom stereocenters. The number of fused-ring (bicyclic) bond motifs is 3. The average molecular weight is 371 g/mol. The number of imidazole rings is 1. The summed E-state index contributed by atoms with van der Waals surface area (Å²) in [6.45, 7) is 2.77. The van der Waals surface area contributed by atoms with Crippen LogP contribution in [0.2, 0.25) is 0 Å². The number of nitrogens with zero attached hydrogens (tertiary/aromatic N) is 3.